The van der Waals surface area contributed by atoms with Crippen molar-refractivity contribution in [2.24, 2.45) is 11.1 Å². The number of hydrogen-bond donors (Lipinski definition) is 2. The highest BCUT2D eigenvalue weighted by molar-refractivity contribution is 5.82. The molecular weight excluding hydrogens is 216 g/mol. The molecule has 1 heterocycles. The molecule has 1 aromatic heterocycles. The molecule has 0 aliphatic carbocycles. The van der Waals surface area contributed by atoms with Gasteiger partial charge in [-0.3, -0.25) is 4.79 Å². The zero-order valence-electron chi connectivity index (χ0n) is 10.4. The first-order valence-electron chi connectivity index (χ1n) is 5.93. The Morgan fingerprint density at radius 1 is 1.47 bits per heavy atom. The number of aromatic nitrogens is 2. The van der Waals surface area contributed by atoms with E-state index in [-0.39, 0.29) is 5.91 Å². The summed E-state index contributed by atoms with van der Waals surface area (Å²) in [5, 5.41) is 10.5. The Hall–Kier alpha value is -1.49. The number of nitrogens with zero attached hydrogens (tertiary/aromatic N) is 2. The third-order valence-corrected chi connectivity index (χ3v) is 3.28. The highest BCUT2D eigenvalue weighted by Crippen LogP contribution is 2.24. The van der Waals surface area contributed by atoms with Crippen LogP contribution in [0.1, 0.15) is 32.4 Å². The Labute approximate surface area is 102 Å². The van der Waals surface area contributed by atoms with Crippen molar-refractivity contribution >= 4 is 5.91 Å². The minimum Gasteiger partial charge on any atom is -0.350 e. The monoisotopic (exact) mass is 236 g/mol. The van der Waals surface area contributed by atoms with Crippen molar-refractivity contribution in [1.29, 1.82) is 0 Å². The molecule has 0 spiro atoms. The van der Waals surface area contributed by atoms with Gasteiger partial charge in [0.15, 0.2) is 0 Å². The van der Waals surface area contributed by atoms with Gasteiger partial charge < -0.3 is 11.1 Å². The SMILES string of the molecule is CCC(CC)(CN)C(=O)NCc1cccnn1. The van der Waals surface area contributed by atoms with Crippen LogP contribution in [0.3, 0.4) is 0 Å². The molecule has 0 saturated heterocycles. The number of carbonyl (C=O) groups excluding carboxylic acids is 1. The second kappa shape index (κ2) is 6.30. The van der Waals surface area contributed by atoms with E-state index in [1.165, 1.54) is 0 Å². The van der Waals surface area contributed by atoms with Gasteiger partial charge in [-0.05, 0) is 25.0 Å². The van der Waals surface area contributed by atoms with Crippen LogP contribution in [-0.2, 0) is 11.3 Å². The zero-order valence-corrected chi connectivity index (χ0v) is 10.4. The number of carbonyl (C=O) groups is 1. The summed E-state index contributed by atoms with van der Waals surface area (Å²) in [5.74, 6) is -0.00402. The maximum Gasteiger partial charge on any atom is 0.227 e. The fraction of sp³-hybridized carbons (Fsp3) is 0.583. The molecule has 0 aliphatic rings. The molecule has 0 radical (unpaired) electrons. The zero-order chi connectivity index (χ0) is 12.7. The summed E-state index contributed by atoms with van der Waals surface area (Å²) >= 11 is 0. The first kappa shape index (κ1) is 13.6. The molecule has 0 bridgehead atoms. The van der Waals surface area contributed by atoms with Crippen molar-refractivity contribution in [3.8, 4) is 0 Å². The fourth-order valence-electron chi connectivity index (χ4n) is 1.74. The number of hydrogen-bond acceptors (Lipinski definition) is 4. The van der Waals surface area contributed by atoms with Gasteiger partial charge in [0.05, 0.1) is 17.7 Å². The van der Waals surface area contributed by atoms with Crippen LogP contribution in [0.2, 0.25) is 0 Å². The lowest BCUT2D eigenvalue weighted by molar-refractivity contribution is -0.131. The van der Waals surface area contributed by atoms with Gasteiger partial charge in [0.1, 0.15) is 0 Å². The minimum atomic E-state index is -0.456. The van der Waals surface area contributed by atoms with Crippen LogP contribution in [0.5, 0.6) is 0 Å². The Kier molecular flexibility index (Phi) is 5.03. The smallest absolute Gasteiger partial charge is 0.227 e. The average Bonchev–Trinajstić information content (AvgIpc) is 2.40. The van der Waals surface area contributed by atoms with Crippen LogP contribution in [0.4, 0.5) is 0 Å². The van der Waals surface area contributed by atoms with E-state index < -0.39 is 5.41 Å². The van der Waals surface area contributed by atoms with Gasteiger partial charge in [-0.2, -0.15) is 10.2 Å². The van der Waals surface area contributed by atoms with E-state index in [9.17, 15) is 4.79 Å². The van der Waals surface area contributed by atoms with Crippen molar-refractivity contribution in [3.05, 3.63) is 24.0 Å². The van der Waals surface area contributed by atoms with Gasteiger partial charge >= 0.3 is 0 Å². The number of amides is 1. The van der Waals surface area contributed by atoms with Gasteiger partial charge in [0.25, 0.3) is 0 Å². The van der Waals surface area contributed by atoms with Crippen molar-refractivity contribution in [3.63, 3.8) is 0 Å². The summed E-state index contributed by atoms with van der Waals surface area (Å²) in [6, 6.07) is 3.62. The third-order valence-electron chi connectivity index (χ3n) is 3.28. The molecule has 3 N–H and O–H groups in total. The predicted octanol–water partition coefficient (Wildman–Crippen LogP) is 0.858. The molecule has 94 valence electrons. The molecule has 0 atom stereocenters. The maximum absolute atomic E-state index is 12.1. The van der Waals surface area contributed by atoms with Crippen LogP contribution < -0.4 is 11.1 Å². The molecule has 5 nitrogen and oxygen atoms in total. The molecule has 5 heteroatoms. The Balaban J connectivity index is 2.60. The predicted molar refractivity (Wildman–Crippen MR) is 65.9 cm³/mol. The normalized spacial score (nSPS) is 11.2. The summed E-state index contributed by atoms with van der Waals surface area (Å²) < 4.78 is 0. The molecule has 0 unspecified atom stereocenters. The second-order valence-corrected chi connectivity index (χ2v) is 4.09. The number of rotatable bonds is 6. The Bertz CT molecular complexity index is 341. The van der Waals surface area contributed by atoms with Gasteiger partial charge in [-0.15, -0.1) is 0 Å². The second-order valence-electron chi connectivity index (χ2n) is 4.09. The van der Waals surface area contributed by atoms with E-state index in [1.807, 2.05) is 19.9 Å². The molecule has 17 heavy (non-hydrogen) atoms. The fourth-order valence-corrected chi connectivity index (χ4v) is 1.74. The summed E-state index contributed by atoms with van der Waals surface area (Å²) in [7, 11) is 0. The molecule has 0 aliphatic heterocycles. The van der Waals surface area contributed by atoms with E-state index in [0.29, 0.717) is 13.1 Å². The van der Waals surface area contributed by atoms with E-state index >= 15 is 0 Å². The van der Waals surface area contributed by atoms with Crippen LogP contribution in [-0.4, -0.2) is 22.6 Å². The van der Waals surface area contributed by atoms with Crippen LogP contribution in [0.25, 0.3) is 0 Å². The minimum absolute atomic E-state index is 0.00402. The van der Waals surface area contributed by atoms with Crippen molar-refractivity contribution in [1.82, 2.24) is 15.5 Å². The maximum atomic E-state index is 12.1. The molecule has 0 saturated carbocycles. The largest absolute Gasteiger partial charge is 0.350 e. The average molecular weight is 236 g/mol. The van der Waals surface area contributed by atoms with Crippen LogP contribution >= 0.6 is 0 Å². The summed E-state index contributed by atoms with van der Waals surface area (Å²) in [4.78, 5) is 12.1. The molecular formula is C12H20N4O. The van der Waals surface area contributed by atoms with Crippen LogP contribution in [0.15, 0.2) is 18.3 Å². The quantitative estimate of drug-likeness (QED) is 0.767. The third kappa shape index (κ3) is 3.23. The van der Waals surface area contributed by atoms with E-state index in [2.05, 4.69) is 15.5 Å². The topological polar surface area (TPSA) is 80.9 Å². The van der Waals surface area contributed by atoms with E-state index in [1.54, 1.807) is 12.3 Å². The van der Waals surface area contributed by atoms with Crippen molar-refractivity contribution in [2.45, 2.75) is 33.2 Å². The van der Waals surface area contributed by atoms with Crippen molar-refractivity contribution in [2.75, 3.05) is 6.54 Å². The highest BCUT2D eigenvalue weighted by atomic mass is 16.2. The molecule has 0 fully saturated rings. The summed E-state index contributed by atoms with van der Waals surface area (Å²) in [5.41, 5.74) is 6.00. The Morgan fingerprint density at radius 3 is 2.65 bits per heavy atom. The highest BCUT2D eigenvalue weighted by Gasteiger charge is 2.32. The summed E-state index contributed by atoms with van der Waals surface area (Å²) in [6.45, 7) is 4.73. The van der Waals surface area contributed by atoms with Crippen LogP contribution in [0, 0.1) is 5.41 Å². The first-order valence-corrected chi connectivity index (χ1v) is 5.93. The number of nitrogens with one attached hydrogen (secondary N) is 1. The van der Waals surface area contributed by atoms with Gasteiger partial charge in [-0.25, -0.2) is 0 Å². The lowest BCUT2D eigenvalue weighted by Crippen LogP contribution is -2.45. The van der Waals surface area contributed by atoms with Crippen molar-refractivity contribution < 1.29 is 4.79 Å². The van der Waals surface area contributed by atoms with Gasteiger partial charge in [0, 0.05) is 12.7 Å². The molecule has 0 aromatic carbocycles. The summed E-state index contributed by atoms with van der Waals surface area (Å²) in [6.07, 6.45) is 3.09. The number of nitrogens with two attached hydrogens (primary N) is 1. The van der Waals surface area contributed by atoms with Gasteiger partial charge in [0.2, 0.25) is 5.91 Å². The first-order chi connectivity index (χ1) is 8.18. The molecule has 1 aromatic rings. The molecule has 1 rings (SSSR count). The van der Waals surface area contributed by atoms with E-state index in [4.69, 9.17) is 5.73 Å². The van der Waals surface area contributed by atoms with E-state index in [0.717, 1.165) is 18.5 Å². The lowest BCUT2D eigenvalue weighted by Gasteiger charge is -2.28. The van der Waals surface area contributed by atoms with Gasteiger partial charge in [-0.1, -0.05) is 13.8 Å². The lowest BCUT2D eigenvalue weighted by atomic mass is 9.81. The molecule has 1 amide bonds. The standard InChI is InChI=1S/C12H20N4O/c1-3-12(4-2,9-13)11(17)14-8-10-6-5-7-15-16-10/h5-7H,3-4,8-9,13H2,1-2H3,(H,14,17). The Morgan fingerprint density at radius 2 is 2.18 bits per heavy atom.